The summed E-state index contributed by atoms with van der Waals surface area (Å²) in [7, 11) is 0. The summed E-state index contributed by atoms with van der Waals surface area (Å²) in [6, 6.07) is 6.68. The molecule has 26 heavy (non-hydrogen) atoms. The van der Waals surface area contributed by atoms with E-state index in [9.17, 15) is 4.39 Å². The molecule has 3 nitrogen and oxygen atoms in total. The third-order valence-electron chi connectivity index (χ3n) is 4.85. The van der Waals surface area contributed by atoms with Crippen LogP contribution in [-0.2, 0) is 11.2 Å². The molecule has 0 aliphatic rings. The van der Waals surface area contributed by atoms with E-state index in [2.05, 4.69) is 6.92 Å². The molecule has 0 fully saturated rings. The first-order chi connectivity index (χ1) is 12.6. The van der Waals surface area contributed by atoms with Crippen molar-refractivity contribution in [2.24, 2.45) is 0 Å². The molecule has 0 heterocycles. The van der Waals surface area contributed by atoms with Crippen molar-refractivity contribution in [1.29, 1.82) is 0 Å². The molecule has 0 amide bonds. The van der Waals surface area contributed by atoms with Gasteiger partial charge in [-0.15, -0.1) is 0 Å². The van der Waals surface area contributed by atoms with E-state index >= 15 is 0 Å². The Kier molecular flexibility index (Phi) is 13.4. The number of unbranched alkanes of at least 4 members (excludes halogenated alkanes) is 8. The standard InChI is InChI=1S/C22H37FO3/c1-2-3-4-5-6-7-10-13-21(26-22(24)25)14-11-8-9-12-19-15-17-20(23)18-16-19/h15-18,21-22,24-25H,2-14H2,1H3. The number of hydrogen-bond acceptors (Lipinski definition) is 3. The molecule has 1 atom stereocenters. The summed E-state index contributed by atoms with van der Waals surface area (Å²) in [5.74, 6) is -0.193. The molecule has 0 aromatic heterocycles. The Balaban J connectivity index is 2.11. The largest absolute Gasteiger partial charge is 0.346 e. The van der Waals surface area contributed by atoms with E-state index in [4.69, 9.17) is 14.9 Å². The second-order valence-corrected chi connectivity index (χ2v) is 7.22. The average Bonchev–Trinajstić information content (AvgIpc) is 2.61. The molecule has 0 aliphatic carbocycles. The molecule has 0 aliphatic heterocycles. The Morgan fingerprint density at radius 3 is 1.92 bits per heavy atom. The van der Waals surface area contributed by atoms with Gasteiger partial charge in [0.25, 0.3) is 6.48 Å². The molecule has 2 N–H and O–H groups in total. The lowest BCUT2D eigenvalue weighted by molar-refractivity contribution is -0.257. The Bertz CT molecular complexity index is 434. The summed E-state index contributed by atoms with van der Waals surface area (Å²) >= 11 is 0. The molecule has 1 rings (SSSR count). The van der Waals surface area contributed by atoms with Crippen molar-refractivity contribution < 1.29 is 19.3 Å². The van der Waals surface area contributed by atoms with Crippen LogP contribution in [0.5, 0.6) is 0 Å². The first-order valence-electron chi connectivity index (χ1n) is 10.4. The van der Waals surface area contributed by atoms with Gasteiger partial charge >= 0.3 is 0 Å². The van der Waals surface area contributed by atoms with Crippen molar-refractivity contribution in [2.45, 2.75) is 103 Å². The fraction of sp³-hybridized carbons (Fsp3) is 0.727. The molecule has 0 saturated heterocycles. The predicted molar refractivity (Wildman–Crippen MR) is 104 cm³/mol. The van der Waals surface area contributed by atoms with Crippen molar-refractivity contribution in [3.63, 3.8) is 0 Å². The second-order valence-electron chi connectivity index (χ2n) is 7.22. The van der Waals surface area contributed by atoms with E-state index in [1.165, 1.54) is 50.7 Å². The second kappa shape index (κ2) is 15.1. The van der Waals surface area contributed by atoms with E-state index in [-0.39, 0.29) is 11.9 Å². The van der Waals surface area contributed by atoms with E-state index in [0.29, 0.717) is 0 Å². The van der Waals surface area contributed by atoms with E-state index < -0.39 is 6.48 Å². The lowest BCUT2D eigenvalue weighted by atomic mass is 10.0. The van der Waals surface area contributed by atoms with Gasteiger partial charge in [0.05, 0.1) is 6.10 Å². The normalized spacial score (nSPS) is 12.7. The number of benzene rings is 1. The summed E-state index contributed by atoms with van der Waals surface area (Å²) in [4.78, 5) is 0. The van der Waals surface area contributed by atoms with E-state index in [1.54, 1.807) is 0 Å². The first kappa shape index (κ1) is 23.1. The topological polar surface area (TPSA) is 49.7 Å². The van der Waals surface area contributed by atoms with Gasteiger partial charge in [-0.05, 0) is 43.4 Å². The summed E-state index contributed by atoms with van der Waals surface area (Å²) < 4.78 is 18.1. The molecule has 0 bridgehead atoms. The highest BCUT2D eigenvalue weighted by Crippen LogP contribution is 2.17. The van der Waals surface area contributed by atoms with Gasteiger partial charge in [0.2, 0.25) is 0 Å². The summed E-state index contributed by atoms with van der Waals surface area (Å²) in [5, 5.41) is 18.2. The number of hydrogen-bond donors (Lipinski definition) is 2. The van der Waals surface area contributed by atoms with E-state index in [0.717, 1.165) is 50.5 Å². The summed E-state index contributed by atoms with van der Waals surface area (Å²) in [5.41, 5.74) is 1.16. The third kappa shape index (κ3) is 12.4. The molecule has 0 saturated carbocycles. The van der Waals surface area contributed by atoms with Crippen LogP contribution in [0.3, 0.4) is 0 Å². The van der Waals surface area contributed by atoms with Crippen LogP contribution in [0, 0.1) is 5.82 Å². The van der Waals surface area contributed by atoms with Gasteiger partial charge in [-0.3, -0.25) is 0 Å². The zero-order valence-electron chi connectivity index (χ0n) is 16.3. The van der Waals surface area contributed by atoms with Gasteiger partial charge in [-0.25, -0.2) is 4.39 Å². The van der Waals surface area contributed by atoms with Crippen LogP contribution in [-0.4, -0.2) is 22.8 Å². The molecular formula is C22H37FO3. The maximum absolute atomic E-state index is 12.9. The zero-order valence-corrected chi connectivity index (χ0v) is 16.3. The Morgan fingerprint density at radius 2 is 1.35 bits per heavy atom. The van der Waals surface area contributed by atoms with Gasteiger partial charge < -0.3 is 14.9 Å². The van der Waals surface area contributed by atoms with Crippen LogP contribution in [0.15, 0.2) is 24.3 Å². The minimum atomic E-state index is -1.68. The molecule has 1 aromatic rings. The van der Waals surface area contributed by atoms with Crippen molar-refractivity contribution in [3.05, 3.63) is 35.6 Å². The maximum atomic E-state index is 12.9. The highest BCUT2D eigenvalue weighted by Gasteiger charge is 2.12. The molecular weight excluding hydrogens is 331 g/mol. The predicted octanol–water partition coefficient (Wildman–Crippen LogP) is 5.72. The first-order valence-corrected chi connectivity index (χ1v) is 10.4. The van der Waals surface area contributed by atoms with Gasteiger partial charge in [-0.1, -0.05) is 76.8 Å². The number of aryl methyl sites for hydroxylation is 1. The number of halogens is 1. The van der Waals surface area contributed by atoms with Gasteiger partial charge in [-0.2, -0.15) is 0 Å². The minimum absolute atomic E-state index is 0.0727. The number of aliphatic hydroxyl groups excluding tert-OH is 1. The van der Waals surface area contributed by atoms with Crippen molar-refractivity contribution in [1.82, 2.24) is 0 Å². The highest BCUT2D eigenvalue weighted by molar-refractivity contribution is 5.15. The van der Waals surface area contributed by atoms with Crippen LogP contribution in [0.25, 0.3) is 0 Å². The fourth-order valence-electron chi connectivity index (χ4n) is 3.31. The molecule has 1 unspecified atom stereocenters. The van der Waals surface area contributed by atoms with Crippen LogP contribution in [0.2, 0.25) is 0 Å². The fourth-order valence-corrected chi connectivity index (χ4v) is 3.31. The lowest BCUT2D eigenvalue weighted by Gasteiger charge is -2.19. The van der Waals surface area contributed by atoms with Crippen LogP contribution in [0.4, 0.5) is 4.39 Å². The van der Waals surface area contributed by atoms with Crippen molar-refractivity contribution >= 4 is 0 Å². The molecule has 4 heteroatoms. The molecule has 0 radical (unpaired) electrons. The Morgan fingerprint density at radius 1 is 0.808 bits per heavy atom. The Labute approximate surface area is 158 Å². The number of rotatable bonds is 16. The van der Waals surface area contributed by atoms with Crippen LogP contribution < -0.4 is 0 Å². The SMILES string of the molecule is CCCCCCCCCC(CCCCCc1ccc(F)cc1)OC(O)O. The monoisotopic (exact) mass is 368 g/mol. The van der Waals surface area contributed by atoms with E-state index in [1.807, 2.05) is 12.1 Å². The van der Waals surface area contributed by atoms with Gasteiger partial charge in [0, 0.05) is 0 Å². The Hall–Kier alpha value is -0.970. The van der Waals surface area contributed by atoms with Gasteiger partial charge in [0.1, 0.15) is 5.82 Å². The maximum Gasteiger partial charge on any atom is 0.266 e. The number of aliphatic hydroxyl groups is 2. The molecule has 0 spiro atoms. The third-order valence-corrected chi connectivity index (χ3v) is 4.85. The highest BCUT2D eigenvalue weighted by atomic mass is 19.1. The lowest BCUT2D eigenvalue weighted by Crippen LogP contribution is -2.21. The molecule has 1 aromatic carbocycles. The van der Waals surface area contributed by atoms with Gasteiger partial charge in [0.15, 0.2) is 0 Å². The minimum Gasteiger partial charge on any atom is -0.346 e. The average molecular weight is 369 g/mol. The summed E-state index contributed by atoms with van der Waals surface area (Å²) in [6.07, 6.45) is 14.5. The number of ether oxygens (including phenoxy) is 1. The smallest absolute Gasteiger partial charge is 0.266 e. The quantitative estimate of drug-likeness (QED) is 0.290. The van der Waals surface area contributed by atoms with Crippen LogP contribution >= 0.6 is 0 Å². The van der Waals surface area contributed by atoms with Crippen molar-refractivity contribution in [2.75, 3.05) is 0 Å². The van der Waals surface area contributed by atoms with Crippen LogP contribution in [0.1, 0.15) is 89.5 Å². The van der Waals surface area contributed by atoms with Crippen molar-refractivity contribution in [3.8, 4) is 0 Å². The summed E-state index contributed by atoms with van der Waals surface area (Å²) in [6.45, 7) is 0.547. The molecule has 150 valence electrons. The zero-order chi connectivity index (χ0) is 19.0.